The summed E-state index contributed by atoms with van der Waals surface area (Å²) in [6.07, 6.45) is 0. The summed E-state index contributed by atoms with van der Waals surface area (Å²) in [6, 6.07) is 13.2. The summed E-state index contributed by atoms with van der Waals surface area (Å²) in [5.74, 6) is 1.94. The average Bonchev–Trinajstić information content (AvgIpc) is 2.59. The molecule has 1 amide bonds. The second-order valence-electron chi connectivity index (χ2n) is 5.53. The van der Waals surface area contributed by atoms with Crippen molar-refractivity contribution in [2.75, 3.05) is 12.4 Å². The van der Waals surface area contributed by atoms with Crippen LogP contribution in [0.2, 0.25) is 10.0 Å². The van der Waals surface area contributed by atoms with E-state index in [0.717, 1.165) is 16.9 Å². The van der Waals surface area contributed by atoms with Crippen molar-refractivity contribution in [3.05, 3.63) is 63.6 Å². The molecule has 1 atom stereocenters. The van der Waals surface area contributed by atoms with Gasteiger partial charge in [-0.2, -0.15) is 0 Å². The molecule has 0 spiro atoms. The summed E-state index contributed by atoms with van der Waals surface area (Å²) in [7, 11) is 0. The highest BCUT2D eigenvalue weighted by molar-refractivity contribution is 7.99. The van der Waals surface area contributed by atoms with Gasteiger partial charge in [-0.05, 0) is 49.2 Å². The Bertz CT molecular complexity index is 707. The van der Waals surface area contributed by atoms with Crippen LogP contribution in [0.1, 0.15) is 31.0 Å². The molecule has 0 saturated heterocycles. The number of nitrogens with one attached hydrogen (secondary N) is 1. The maximum atomic E-state index is 12.1. The van der Waals surface area contributed by atoms with Crippen LogP contribution >= 0.6 is 35.0 Å². The number of rotatable bonds is 8. The first-order chi connectivity index (χ1) is 12.0. The summed E-state index contributed by atoms with van der Waals surface area (Å²) in [4.78, 5) is 12.1. The van der Waals surface area contributed by atoms with Crippen LogP contribution in [0.25, 0.3) is 0 Å². The lowest BCUT2D eigenvalue weighted by Crippen LogP contribution is -2.28. The zero-order valence-corrected chi connectivity index (χ0v) is 16.5. The Balaban J connectivity index is 1.78. The third-order valence-corrected chi connectivity index (χ3v) is 5.30. The number of amides is 1. The summed E-state index contributed by atoms with van der Waals surface area (Å²) in [5, 5.41) is 4.08. The topological polar surface area (TPSA) is 38.3 Å². The highest BCUT2D eigenvalue weighted by atomic mass is 35.5. The van der Waals surface area contributed by atoms with E-state index in [1.54, 1.807) is 17.8 Å². The molecule has 134 valence electrons. The standard InChI is InChI=1S/C19H21Cl2NO2S/c1-3-24-16-7-5-15(6-8-16)13(2)22-19(23)12-25-11-14-4-9-17(20)18(21)10-14/h4-10,13H,3,11-12H2,1-2H3,(H,22,23)/t13-/m0/s1. The first kappa shape index (κ1) is 20.0. The molecule has 2 aromatic rings. The number of halogens is 2. The molecule has 0 bridgehead atoms. The van der Waals surface area contributed by atoms with E-state index in [4.69, 9.17) is 27.9 Å². The van der Waals surface area contributed by atoms with Gasteiger partial charge in [0, 0.05) is 5.75 Å². The van der Waals surface area contributed by atoms with Crippen molar-refractivity contribution in [1.82, 2.24) is 5.32 Å². The van der Waals surface area contributed by atoms with Gasteiger partial charge in [-0.1, -0.05) is 41.4 Å². The lowest BCUT2D eigenvalue weighted by molar-refractivity contribution is -0.119. The molecule has 1 N–H and O–H groups in total. The number of carbonyl (C=O) groups is 1. The largest absolute Gasteiger partial charge is 0.494 e. The van der Waals surface area contributed by atoms with Crippen LogP contribution < -0.4 is 10.1 Å². The maximum Gasteiger partial charge on any atom is 0.230 e. The first-order valence-electron chi connectivity index (χ1n) is 8.03. The van der Waals surface area contributed by atoms with Gasteiger partial charge in [0.25, 0.3) is 0 Å². The molecule has 0 fully saturated rings. The average molecular weight is 398 g/mol. The van der Waals surface area contributed by atoms with E-state index in [1.807, 2.05) is 50.2 Å². The van der Waals surface area contributed by atoms with Gasteiger partial charge >= 0.3 is 0 Å². The van der Waals surface area contributed by atoms with Crippen LogP contribution in [0.5, 0.6) is 5.75 Å². The minimum absolute atomic E-state index is 0.00597. The highest BCUT2D eigenvalue weighted by Crippen LogP contribution is 2.24. The molecule has 2 rings (SSSR count). The van der Waals surface area contributed by atoms with Gasteiger partial charge in [-0.15, -0.1) is 11.8 Å². The lowest BCUT2D eigenvalue weighted by Gasteiger charge is -2.15. The number of ether oxygens (including phenoxy) is 1. The quantitative estimate of drug-likeness (QED) is 0.638. The molecule has 25 heavy (non-hydrogen) atoms. The second-order valence-corrected chi connectivity index (χ2v) is 7.33. The monoisotopic (exact) mass is 397 g/mol. The van der Waals surface area contributed by atoms with Crippen molar-refractivity contribution in [3.63, 3.8) is 0 Å². The van der Waals surface area contributed by atoms with Gasteiger partial charge in [0.05, 0.1) is 28.4 Å². The number of thioether (sulfide) groups is 1. The molecule has 0 saturated carbocycles. The van der Waals surface area contributed by atoms with E-state index in [9.17, 15) is 4.79 Å². The summed E-state index contributed by atoms with van der Waals surface area (Å²) < 4.78 is 5.42. The molecule has 0 aliphatic rings. The van der Waals surface area contributed by atoms with E-state index >= 15 is 0 Å². The Labute approximate surface area is 163 Å². The zero-order chi connectivity index (χ0) is 18.2. The number of benzene rings is 2. The van der Waals surface area contributed by atoms with Gasteiger partial charge in [-0.25, -0.2) is 0 Å². The lowest BCUT2D eigenvalue weighted by atomic mass is 10.1. The van der Waals surface area contributed by atoms with Gasteiger partial charge in [-0.3, -0.25) is 4.79 Å². The molecule has 0 aromatic heterocycles. The van der Waals surface area contributed by atoms with E-state index < -0.39 is 0 Å². The van der Waals surface area contributed by atoms with Crippen LogP contribution in [0, 0.1) is 0 Å². The minimum atomic E-state index is -0.0475. The zero-order valence-electron chi connectivity index (χ0n) is 14.2. The van der Waals surface area contributed by atoms with Crippen molar-refractivity contribution >= 4 is 40.9 Å². The molecule has 2 aromatic carbocycles. The molecule has 0 aliphatic heterocycles. The fourth-order valence-electron chi connectivity index (χ4n) is 2.28. The number of hydrogen-bond acceptors (Lipinski definition) is 3. The summed E-state index contributed by atoms with van der Waals surface area (Å²) in [6.45, 7) is 4.56. The fraction of sp³-hybridized carbons (Fsp3) is 0.316. The predicted molar refractivity (Wildman–Crippen MR) is 107 cm³/mol. The molecule has 0 heterocycles. The molecular formula is C19H21Cl2NO2S. The van der Waals surface area contributed by atoms with Crippen molar-refractivity contribution < 1.29 is 9.53 Å². The Kier molecular flexibility index (Phi) is 7.94. The van der Waals surface area contributed by atoms with E-state index in [-0.39, 0.29) is 11.9 Å². The molecular weight excluding hydrogens is 377 g/mol. The molecule has 0 aliphatic carbocycles. The summed E-state index contributed by atoms with van der Waals surface area (Å²) >= 11 is 13.4. The normalized spacial score (nSPS) is 11.8. The first-order valence-corrected chi connectivity index (χ1v) is 9.94. The Morgan fingerprint density at radius 1 is 1.16 bits per heavy atom. The SMILES string of the molecule is CCOc1ccc([C@H](C)NC(=O)CSCc2ccc(Cl)c(Cl)c2)cc1. The highest BCUT2D eigenvalue weighted by Gasteiger charge is 2.10. The van der Waals surface area contributed by atoms with Gasteiger partial charge in [0.2, 0.25) is 5.91 Å². The van der Waals surface area contributed by atoms with Gasteiger partial charge in [0.15, 0.2) is 0 Å². The van der Waals surface area contributed by atoms with Crippen molar-refractivity contribution in [1.29, 1.82) is 0 Å². The third-order valence-electron chi connectivity index (χ3n) is 3.55. The van der Waals surface area contributed by atoms with Crippen molar-refractivity contribution in [2.45, 2.75) is 25.6 Å². The van der Waals surface area contributed by atoms with Gasteiger partial charge < -0.3 is 10.1 Å². The maximum absolute atomic E-state index is 12.1. The van der Waals surface area contributed by atoms with E-state index in [1.165, 1.54) is 0 Å². The van der Waals surface area contributed by atoms with E-state index in [2.05, 4.69) is 5.32 Å². The van der Waals surface area contributed by atoms with Crippen LogP contribution in [-0.4, -0.2) is 18.3 Å². The molecule has 0 radical (unpaired) electrons. The predicted octanol–water partition coefficient (Wildman–Crippen LogP) is 5.50. The Morgan fingerprint density at radius 2 is 1.88 bits per heavy atom. The Morgan fingerprint density at radius 3 is 2.52 bits per heavy atom. The Hall–Kier alpha value is -1.36. The van der Waals surface area contributed by atoms with Crippen molar-refractivity contribution in [2.24, 2.45) is 0 Å². The van der Waals surface area contributed by atoms with Gasteiger partial charge in [0.1, 0.15) is 5.75 Å². The van der Waals surface area contributed by atoms with Crippen LogP contribution in [0.15, 0.2) is 42.5 Å². The van der Waals surface area contributed by atoms with Crippen LogP contribution in [-0.2, 0) is 10.5 Å². The third kappa shape index (κ3) is 6.46. The summed E-state index contributed by atoms with van der Waals surface area (Å²) in [5.41, 5.74) is 2.10. The van der Waals surface area contributed by atoms with Crippen LogP contribution in [0.4, 0.5) is 0 Å². The van der Waals surface area contributed by atoms with Crippen LogP contribution in [0.3, 0.4) is 0 Å². The number of hydrogen-bond donors (Lipinski definition) is 1. The fourth-order valence-corrected chi connectivity index (χ4v) is 3.38. The minimum Gasteiger partial charge on any atom is -0.494 e. The smallest absolute Gasteiger partial charge is 0.230 e. The number of carbonyl (C=O) groups excluding carboxylic acids is 1. The molecule has 3 nitrogen and oxygen atoms in total. The van der Waals surface area contributed by atoms with E-state index in [0.29, 0.717) is 28.2 Å². The molecule has 6 heteroatoms. The molecule has 0 unspecified atom stereocenters. The van der Waals surface area contributed by atoms with Crippen molar-refractivity contribution in [3.8, 4) is 5.75 Å². The second kappa shape index (κ2) is 9.95.